The van der Waals surface area contributed by atoms with Crippen LogP contribution in [-0.2, 0) is 14.8 Å². The van der Waals surface area contributed by atoms with Gasteiger partial charge in [0, 0.05) is 23.9 Å². The minimum Gasteiger partial charge on any atom is -0.495 e. The van der Waals surface area contributed by atoms with Crippen molar-refractivity contribution in [3.05, 3.63) is 53.6 Å². The molecule has 0 unspecified atom stereocenters. The Morgan fingerprint density at radius 3 is 2.39 bits per heavy atom. The second-order valence-electron chi connectivity index (χ2n) is 7.84. The Morgan fingerprint density at radius 2 is 1.81 bits per heavy atom. The number of carbonyl (C=O) groups is 1. The zero-order valence-electron chi connectivity index (χ0n) is 18.4. The van der Waals surface area contributed by atoms with E-state index in [0.29, 0.717) is 31.7 Å². The lowest BCUT2D eigenvalue weighted by Crippen LogP contribution is -2.43. The van der Waals surface area contributed by atoms with Gasteiger partial charge >= 0.3 is 0 Å². The Bertz CT molecular complexity index is 1010. The van der Waals surface area contributed by atoms with Crippen LogP contribution >= 0.6 is 11.8 Å². The van der Waals surface area contributed by atoms with Gasteiger partial charge in [0.05, 0.1) is 13.2 Å². The van der Waals surface area contributed by atoms with E-state index in [-0.39, 0.29) is 22.8 Å². The molecule has 168 valence electrons. The Morgan fingerprint density at radius 1 is 1.16 bits per heavy atom. The second kappa shape index (κ2) is 10.1. The average molecular weight is 463 g/mol. The van der Waals surface area contributed by atoms with Crippen molar-refractivity contribution in [2.75, 3.05) is 26.5 Å². The summed E-state index contributed by atoms with van der Waals surface area (Å²) in [5.41, 5.74) is 1.91. The van der Waals surface area contributed by atoms with E-state index in [1.807, 2.05) is 50.4 Å². The monoisotopic (exact) mass is 462 g/mol. The molecule has 1 N–H and O–H groups in total. The van der Waals surface area contributed by atoms with Crippen molar-refractivity contribution >= 4 is 27.7 Å². The fraction of sp³-hybridized carbons (Fsp3) is 0.435. The van der Waals surface area contributed by atoms with E-state index < -0.39 is 10.0 Å². The van der Waals surface area contributed by atoms with Gasteiger partial charge < -0.3 is 10.1 Å². The summed E-state index contributed by atoms with van der Waals surface area (Å²) in [7, 11) is -2.21. The maximum atomic E-state index is 13.2. The van der Waals surface area contributed by atoms with Crippen molar-refractivity contribution in [2.45, 2.75) is 42.5 Å². The van der Waals surface area contributed by atoms with Gasteiger partial charge in [-0.3, -0.25) is 4.79 Å². The average Bonchev–Trinajstić information content (AvgIpc) is 2.79. The Hall–Kier alpha value is -2.03. The van der Waals surface area contributed by atoms with E-state index in [1.165, 1.54) is 16.3 Å². The van der Waals surface area contributed by atoms with Crippen molar-refractivity contribution in [2.24, 2.45) is 5.92 Å². The molecule has 1 aliphatic rings. The first-order valence-corrected chi connectivity index (χ1v) is 13.0. The fourth-order valence-corrected chi connectivity index (χ4v) is 5.91. The van der Waals surface area contributed by atoms with E-state index in [2.05, 4.69) is 5.32 Å². The predicted molar refractivity (Wildman–Crippen MR) is 124 cm³/mol. The molecule has 3 rings (SSSR count). The summed E-state index contributed by atoms with van der Waals surface area (Å²) in [4.78, 5) is 14.1. The van der Waals surface area contributed by atoms with Crippen molar-refractivity contribution < 1.29 is 17.9 Å². The normalized spacial score (nSPS) is 16.6. The van der Waals surface area contributed by atoms with Gasteiger partial charge in [-0.25, -0.2) is 8.42 Å². The maximum absolute atomic E-state index is 13.2. The number of piperidine rings is 1. The highest BCUT2D eigenvalue weighted by Gasteiger charge is 2.34. The first-order chi connectivity index (χ1) is 14.8. The first kappa shape index (κ1) is 23.6. The molecule has 0 aromatic heterocycles. The number of sulfonamides is 1. The molecule has 1 fully saturated rings. The van der Waals surface area contributed by atoms with Crippen LogP contribution in [0.4, 0.5) is 0 Å². The fourth-order valence-electron chi connectivity index (χ4n) is 3.79. The molecule has 1 amide bonds. The third-order valence-electron chi connectivity index (χ3n) is 5.74. The third-order valence-corrected chi connectivity index (χ3v) is 8.40. The summed E-state index contributed by atoms with van der Waals surface area (Å²) in [5, 5.41) is 3.08. The molecule has 2 aromatic rings. The van der Waals surface area contributed by atoms with Crippen LogP contribution in [0.5, 0.6) is 5.75 Å². The van der Waals surface area contributed by atoms with Gasteiger partial charge in [-0.1, -0.05) is 18.2 Å². The molecule has 1 atom stereocenters. The van der Waals surface area contributed by atoms with Crippen LogP contribution in [0.3, 0.4) is 0 Å². The van der Waals surface area contributed by atoms with Crippen LogP contribution in [0.15, 0.2) is 52.3 Å². The number of benzene rings is 2. The van der Waals surface area contributed by atoms with Gasteiger partial charge in [0.15, 0.2) is 0 Å². The molecule has 0 spiro atoms. The second-order valence-corrected chi connectivity index (χ2v) is 10.6. The Balaban J connectivity index is 1.62. The standard InChI is InChI=1S/C23H30N2O4S2/c1-16-5-10-21(29-3)22(15-16)31(27,28)25-13-11-19(12-14-25)23(26)24-17(2)18-6-8-20(30-4)9-7-18/h5-10,15,17,19H,11-14H2,1-4H3,(H,24,26)/t17-/m1/s1. The highest BCUT2D eigenvalue weighted by molar-refractivity contribution is 7.98. The Kier molecular flexibility index (Phi) is 7.67. The number of ether oxygens (including phenoxy) is 1. The number of nitrogens with one attached hydrogen (secondary N) is 1. The minimum atomic E-state index is -3.67. The summed E-state index contributed by atoms with van der Waals surface area (Å²) in [5.74, 6) is 0.122. The molecule has 1 heterocycles. The number of aryl methyl sites for hydroxylation is 1. The molecule has 8 heteroatoms. The lowest BCUT2D eigenvalue weighted by Gasteiger charge is -2.31. The molecular formula is C23H30N2O4S2. The number of hydrogen-bond donors (Lipinski definition) is 1. The summed E-state index contributed by atoms with van der Waals surface area (Å²) in [6.07, 6.45) is 3.02. The third kappa shape index (κ3) is 5.42. The van der Waals surface area contributed by atoms with E-state index in [0.717, 1.165) is 11.1 Å². The van der Waals surface area contributed by atoms with E-state index >= 15 is 0 Å². The lowest BCUT2D eigenvalue weighted by atomic mass is 9.96. The van der Waals surface area contributed by atoms with E-state index in [1.54, 1.807) is 23.9 Å². The molecule has 6 nitrogen and oxygen atoms in total. The van der Waals surface area contributed by atoms with Crippen LogP contribution in [-0.4, -0.2) is 45.1 Å². The van der Waals surface area contributed by atoms with Crippen LogP contribution in [0.1, 0.15) is 36.9 Å². The Labute approximate surface area is 189 Å². The van der Waals surface area contributed by atoms with Crippen LogP contribution in [0.2, 0.25) is 0 Å². The van der Waals surface area contributed by atoms with Gasteiger partial charge in [-0.05, 0) is 68.3 Å². The van der Waals surface area contributed by atoms with Gasteiger partial charge in [0.1, 0.15) is 10.6 Å². The largest absolute Gasteiger partial charge is 0.495 e. The molecule has 0 aliphatic carbocycles. The number of thioether (sulfide) groups is 1. The van der Waals surface area contributed by atoms with Crippen molar-refractivity contribution in [3.8, 4) is 5.75 Å². The SMILES string of the molecule is COc1ccc(C)cc1S(=O)(=O)N1CCC(C(=O)N[C@H](C)c2ccc(SC)cc2)CC1. The highest BCUT2D eigenvalue weighted by atomic mass is 32.2. The quantitative estimate of drug-likeness (QED) is 0.630. The van der Waals surface area contributed by atoms with Crippen LogP contribution in [0.25, 0.3) is 0 Å². The number of hydrogen-bond acceptors (Lipinski definition) is 5. The molecule has 0 saturated carbocycles. The molecule has 2 aromatic carbocycles. The summed E-state index contributed by atoms with van der Waals surface area (Å²) in [6, 6.07) is 13.2. The lowest BCUT2D eigenvalue weighted by molar-refractivity contribution is -0.126. The van der Waals surface area contributed by atoms with Crippen LogP contribution in [0, 0.1) is 12.8 Å². The smallest absolute Gasteiger partial charge is 0.246 e. The zero-order chi connectivity index (χ0) is 22.6. The molecule has 1 aliphatic heterocycles. The number of methoxy groups -OCH3 is 1. The van der Waals surface area contributed by atoms with Crippen molar-refractivity contribution in [3.63, 3.8) is 0 Å². The number of nitrogens with zero attached hydrogens (tertiary/aromatic N) is 1. The van der Waals surface area contributed by atoms with Gasteiger partial charge in [-0.2, -0.15) is 4.31 Å². The van der Waals surface area contributed by atoms with Crippen molar-refractivity contribution in [1.29, 1.82) is 0 Å². The van der Waals surface area contributed by atoms with Crippen molar-refractivity contribution in [1.82, 2.24) is 9.62 Å². The molecule has 0 bridgehead atoms. The molecule has 1 saturated heterocycles. The molecular weight excluding hydrogens is 432 g/mol. The predicted octanol–water partition coefficient (Wildman–Crippen LogP) is 4.00. The first-order valence-electron chi connectivity index (χ1n) is 10.4. The van der Waals surface area contributed by atoms with Gasteiger partial charge in [0.2, 0.25) is 15.9 Å². The van der Waals surface area contributed by atoms with Gasteiger partial charge in [-0.15, -0.1) is 11.8 Å². The zero-order valence-corrected chi connectivity index (χ0v) is 20.1. The topological polar surface area (TPSA) is 75.7 Å². The van der Waals surface area contributed by atoms with E-state index in [4.69, 9.17) is 4.74 Å². The summed E-state index contributed by atoms with van der Waals surface area (Å²) < 4.78 is 33.0. The number of rotatable bonds is 7. The maximum Gasteiger partial charge on any atom is 0.246 e. The number of carbonyl (C=O) groups excluding carboxylic acids is 1. The summed E-state index contributed by atoms with van der Waals surface area (Å²) in [6.45, 7) is 4.45. The highest BCUT2D eigenvalue weighted by Crippen LogP contribution is 2.31. The molecule has 31 heavy (non-hydrogen) atoms. The van der Waals surface area contributed by atoms with Gasteiger partial charge in [0.25, 0.3) is 0 Å². The number of amides is 1. The molecule has 0 radical (unpaired) electrons. The van der Waals surface area contributed by atoms with E-state index in [9.17, 15) is 13.2 Å². The summed E-state index contributed by atoms with van der Waals surface area (Å²) >= 11 is 1.68. The minimum absolute atomic E-state index is 0.0216. The van der Waals surface area contributed by atoms with Crippen LogP contribution < -0.4 is 10.1 Å².